The largest absolute Gasteiger partial charge is 0.460 e. The Morgan fingerprint density at radius 1 is 1.00 bits per heavy atom. The van der Waals surface area contributed by atoms with Crippen molar-refractivity contribution in [3.63, 3.8) is 0 Å². The molecular formula is C26H23ClN2O8. The van der Waals surface area contributed by atoms with Gasteiger partial charge in [-0.3, -0.25) is 24.1 Å². The molecule has 3 aromatic rings. The van der Waals surface area contributed by atoms with Crippen molar-refractivity contribution in [2.75, 3.05) is 13.1 Å². The van der Waals surface area contributed by atoms with Gasteiger partial charge >= 0.3 is 11.6 Å². The number of fused-ring (bicyclic) bond motifs is 1. The van der Waals surface area contributed by atoms with E-state index in [-0.39, 0.29) is 51.8 Å². The van der Waals surface area contributed by atoms with E-state index in [1.165, 1.54) is 36.1 Å². The van der Waals surface area contributed by atoms with E-state index in [9.17, 15) is 24.0 Å². The van der Waals surface area contributed by atoms with Gasteiger partial charge in [-0.05, 0) is 43.5 Å². The molecule has 0 unspecified atom stereocenters. The number of imide groups is 1. The lowest BCUT2D eigenvalue weighted by Crippen LogP contribution is -2.31. The molecule has 1 aromatic carbocycles. The highest BCUT2D eigenvalue weighted by molar-refractivity contribution is 6.33. The van der Waals surface area contributed by atoms with Gasteiger partial charge < -0.3 is 18.9 Å². The monoisotopic (exact) mass is 526 g/mol. The van der Waals surface area contributed by atoms with Crippen molar-refractivity contribution < 1.29 is 32.7 Å². The summed E-state index contributed by atoms with van der Waals surface area (Å²) in [7, 11) is 0. The van der Waals surface area contributed by atoms with Crippen molar-refractivity contribution in [3.05, 3.63) is 63.7 Å². The van der Waals surface area contributed by atoms with E-state index in [0.717, 1.165) is 6.42 Å². The lowest BCUT2D eigenvalue weighted by molar-refractivity contribution is -0.137. The average molecular weight is 527 g/mol. The highest BCUT2D eigenvalue weighted by atomic mass is 35.5. The number of furan rings is 1. The molecule has 0 saturated carbocycles. The first-order valence-corrected chi connectivity index (χ1v) is 11.9. The van der Waals surface area contributed by atoms with Gasteiger partial charge in [-0.15, -0.1) is 0 Å². The van der Waals surface area contributed by atoms with Gasteiger partial charge in [0.15, 0.2) is 5.75 Å². The van der Waals surface area contributed by atoms with E-state index in [0.29, 0.717) is 37.1 Å². The minimum Gasteiger partial charge on any atom is -0.460 e. The molecule has 37 heavy (non-hydrogen) atoms. The van der Waals surface area contributed by atoms with Crippen LogP contribution in [0, 0.1) is 0 Å². The Morgan fingerprint density at radius 3 is 2.49 bits per heavy atom. The number of rotatable bonds is 10. The molecule has 192 valence electrons. The molecule has 0 bridgehead atoms. The number of benzene rings is 1. The molecule has 0 fully saturated rings. The summed E-state index contributed by atoms with van der Waals surface area (Å²) in [6.07, 6.45) is 4.59. The smallest absolute Gasteiger partial charge is 0.347 e. The summed E-state index contributed by atoms with van der Waals surface area (Å²) in [5, 5.41) is 3.47. The Morgan fingerprint density at radius 2 is 1.76 bits per heavy atom. The number of esters is 1. The number of unbranched alkanes of at least 4 members (excludes halogenated alkanes) is 2. The predicted octanol–water partition coefficient (Wildman–Crippen LogP) is 3.39. The number of ether oxygens (including phenoxy) is 1. The lowest BCUT2D eigenvalue weighted by Gasteiger charge is -2.13. The highest BCUT2D eigenvalue weighted by Crippen LogP contribution is 2.32. The highest BCUT2D eigenvalue weighted by Gasteiger charge is 2.22. The molecule has 4 rings (SSSR count). The number of hydrogen-bond donors (Lipinski definition) is 1. The third-order valence-corrected chi connectivity index (χ3v) is 5.88. The number of carbonyl (C=O) groups excluding carboxylic acids is 4. The molecule has 10 nitrogen and oxygen atoms in total. The Labute approximate surface area is 215 Å². The molecule has 0 aliphatic carbocycles. The van der Waals surface area contributed by atoms with Crippen molar-refractivity contribution in [2.45, 2.75) is 32.6 Å². The second-order valence-electron chi connectivity index (χ2n) is 8.38. The van der Waals surface area contributed by atoms with Crippen LogP contribution in [0.2, 0.25) is 5.02 Å². The van der Waals surface area contributed by atoms with Crippen LogP contribution in [-0.2, 0) is 25.6 Å². The van der Waals surface area contributed by atoms with Crippen LogP contribution >= 0.6 is 11.6 Å². The van der Waals surface area contributed by atoms with E-state index in [1.54, 1.807) is 18.2 Å². The van der Waals surface area contributed by atoms with Crippen LogP contribution in [0.5, 0.6) is 5.75 Å². The van der Waals surface area contributed by atoms with Crippen molar-refractivity contribution in [2.24, 2.45) is 0 Å². The van der Waals surface area contributed by atoms with Crippen molar-refractivity contribution >= 4 is 46.3 Å². The minimum absolute atomic E-state index is 0.0149. The first-order valence-electron chi connectivity index (χ1n) is 11.6. The quantitative estimate of drug-likeness (QED) is 0.140. The molecule has 3 heterocycles. The van der Waals surface area contributed by atoms with Crippen LogP contribution in [0.3, 0.4) is 0 Å². The fraction of sp³-hybridized carbons (Fsp3) is 0.269. The minimum atomic E-state index is -0.665. The zero-order valence-corrected chi connectivity index (χ0v) is 20.6. The van der Waals surface area contributed by atoms with E-state index in [1.807, 2.05) is 0 Å². The molecular weight excluding hydrogens is 504 g/mol. The maximum absolute atomic E-state index is 12.5. The summed E-state index contributed by atoms with van der Waals surface area (Å²) in [6.45, 7) is 2.03. The van der Waals surface area contributed by atoms with Gasteiger partial charge in [0.25, 0.3) is 11.8 Å². The third kappa shape index (κ3) is 6.34. The summed E-state index contributed by atoms with van der Waals surface area (Å²) in [5.74, 6) is -0.709. The summed E-state index contributed by atoms with van der Waals surface area (Å²) in [6, 6.07) is 7.60. The maximum Gasteiger partial charge on any atom is 0.347 e. The topological polar surface area (TPSA) is 136 Å². The zero-order chi connectivity index (χ0) is 26.5. The van der Waals surface area contributed by atoms with Crippen LogP contribution in [0.4, 0.5) is 0 Å². The van der Waals surface area contributed by atoms with Gasteiger partial charge in [0, 0.05) is 43.6 Å². The number of amides is 3. The summed E-state index contributed by atoms with van der Waals surface area (Å²) in [4.78, 5) is 60.2. The SMILES string of the molecule is CC(=O)Oc1cc2oc(=O)c(-c3ccc(CC(=O)NCCCCCN4C(=O)C=CC4=O)o3)cc2cc1Cl. The summed E-state index contributed by atoms with van der Waals surface area (Å²) < 4.78 is 16.1. The van der Waals surface area contributed by atoms with Crippen LogP contribution in [0.25, 0.3) is 22.3 Å². The van der Waals surface area contributed by atoms with Gasteiger partial charge in [0.2, 0.25) is 5.91 Å². The first kappa shape index (κ1) is 25.9. The van der Waals surface area contributed by atoms with E-state index in [4.69, 9.17) is 25.2 Å². The predicted molar refractivity (Wildman–Crippen MR) is 133 cm³/mol. The Bertz CT molecular complexity index is 1450. The van der Waals surface area contributed by atoms with Gasteiger partial charge in [0.05, 0.1) is 11.4 Å². The van der Waals surface area contributed by atoms with Crippen molar-refractivity contribution in [1.82, 2.24) is 10.2 Å². The van der Waals surface area contributed by atoms with E-state index in [2.05, 4.69) is 5.32 Å². The standard InChI is InChI=1S/C26H23ClN2O8/c1-15(30)35-22-14-21-16(12-19(22)27)11-18(26(34)37-21)20-6-5-17(36-20)13-23(31)28-9-3-2-4-10-29-24(32)7-8-25(29)33/h5-8,11-12,14H,2-4,9-10,13H2,1H3,(H,28,31). The number of nitrogens with one attached hydrogen (secondary N) is 1. The molecule has 1 N–H and O–H groups in total. The molecule has 1 aliphatic heterocycles. The van der Waals surface area contributed by atoms with Gasteiger partial charge in [-0.25, -0.2) is 4.79 Å². The molecule has 0 spiro atoms. The fourth-order valence-electron chi connectivity index (χ4n) is 3.81. The van der Waals surface area contributed by atoms with Crippen LogP contribution < -0.4 is 15.7 Å². The number of nitrogens with zero attached hydrogens (tertiary/aromatic N) is 1. The normalized spacial score (nSPS) is 13.0. The molecule has 3 amide bonds. The lowest BCUT2D eigenvalue weighted by atomic mass is 10.1. The molecule has 0 saturated heterocycles. The fourth-order valence-corrected chi connectivity index (χ4v) is 4.03. The maximum atomic E-state index is 12.5. The molecule has 1 aliphatic rings. The van der Waals surface area contributed by atoms with Gasteiger partial charge in [-0.1, -0.05) is 11.6 Å². The van der Waals surface area contributed by atoms with Gasteiger partial charge in [-0.2, -0.15) is 0 Å². The van der Waals surface area contributed by atoms with Crippen LogP contribution in [-0.4, -0.2) is 41.7 Å². The molecule has 0 atom stereocenters. The Balaban J connectivity index is 1.30. The second kappa shape index (κ2) is 11.3. The Hall–Kier alpha value is -4.18. The molecule has 11 heteroatoms. The summed E-state index contributed by atoms with van der Waals surface area (Å²) in [5.41, 5.74) is -0.321. The zero-order valence-electron chi connectivity index (χ0n) is 19.9. The van der Waals surface area contributed by atoms with E-state index >= 15 is 0 Å². The summed E-state index contributed by atoms with van der Waals surface area (Å²) >= 11 is 6.16. The van der Waals surface area contributed by atoms with Crippen molar-refractivity contribution in [1.29, 1.82) is 0 Å². The van der Waals surface area contributed by atoms with Crippen molar-refractivity contribution in [3.8, 4) is 17.1 Å². The Kier molecular flexibility index (Phi) is 7.88. The average Bonchev–Trinajstić information content (AvgIpc) is 3.42. The number of halogens is 1. The van der Waals surface area contributed by atoms with E-state index < -0.39 is 11.6 Å². The second-order valence-corrected chi connectivity index (χ2v) is 8.78. The molecule has 0 radical (unpaired) electrons. The van der Waals surface area contributed by atoms with Crippen LogP contribution in [0.1, 0.15) is 31.9 Å². The van der Waals surface area contributed by atoms with Crippen LogP contribution in [0.15, 0.2) is 56.1 Å². The molecule has 2 aromatic heterocycles. The third-order valence-electron chi connectivity index (χ3n) is 5.58. The number of carbonyl (C=O) groups is 4. The first-order chi connectivity index (χ1) is 17.7. The number of hydrogen-bond acceptors (Lipinski definition) is 8. The van der Waals surface area contributed by atoms with Gasteiger partial charge in [0.1, 0.15) is 22.7 Å².